The summed E-state index contributed by atoms with van der Waals surface area (Å²) in [5.74, 6) is 0. The van der Waals surface area contributed by atoms with Crippen molar-refractivity contribution in [3.05, 3.63) is 96.0 Å². The molecule has 110 valence electrons. The Bertz CT molecular complexity index is 696. The van der Waals surface area contributed by atoms with E-state index in [1.54, 1.807) is 0 Å². The van der Waals surface area contributed by atoms with Gasteiger partial charge in [-0.15, -0.1) is 0 Å². The molecule has 0 amide bonds. The Labute approximate surface area is 135 Å². The van der Waals surface area contributed by atoms with Crippen molar-refractivity contribution in [3.8, 4) is 0 Å². The second kappa shape index (κ2) is 7.65. The van der Waals surface area contributed by atoms with Crippen molar-refractivity contribution in [1.82, 2.24) is 0 Å². The van der Waals surface area contributed by atoms with Gasteiger partial charge in [0.25, 0.3) is 0 Å². The quantitative estimate of drug-likeness (QED) is 0.497. The molecule has 1 aromatic rings. The number of allylic oxidation sites excluding steroid dienone is 10. The molecule has 0 bridgehead atoms. The van der Waals surface area contributed by atoms with Gasteiger partial charge in [0.2, 0.25) is 0 Å². The van der Waals surface area contributed by atoms with Crippen LogP contribution in [0.15, 0.2) is 84.8 Å². The van der Waals surface area contributed by atoms with Crippen LogP contribution in [-0.4, -0.2) is 7.28 Å². The van der Waals surface area contributed by atoms with Gasteiger partial charge in [0.1, 0.15) is 0 Å². The monoisotopic (exact) mass is 286 g/mol. The Kier molecular flexibility index (Phi) is 5.60. The largest absolute Gasteiger partial charge is 0.193 e. The Morgan fingerprint density at radius 2 is 1.77 bits per heavy atom. The maximum Gasteiger partial charge on any atom is 0.193 e. The van der Waals surface area contributed by atoms with Crippen LogP contribution in [-0.2, 0) is 0 Å². The standard InChI is InChI=1S/C21H23B/c1-5-9-15-21-17(8-4)19-14-11-10-13-18(19)16(7-3)20(22-21)12-6-2/h5-7,9-15,22H,1,3,8H2,2,4H3/b12-6-,15-9-. The van der Waals surface area contributed by atoms with E-state index in [-0.39, 0.29) is 0 Å². The van der Waals surface area contributed by atoms with Crippen LogP contribution in [0.2, 0.25) is 0 Å². The molecule has 0 saturated carbocycles. The SMILES string of the molecule is C=C/C=C\C1=C(CC)c2ccccc2C(C=C)=C(/C=C\C)B1. The summed E-state index contributed by atoms with van der Waals surface area (Å²) in [5, 5.41) is 0. The van der Waals surface area contributed by atoms with Crippen LogP contribution in [0, 0.1) is 0 Å². The fraction of sp³-hybridized carbons (Fsp3) is 0.143. The van der Waals surface area contributed by atoms with E-state index in [9.17, 15) is 0 Å². The van der Waals surface area contributed by atoms with Crippen molar-refractivity contribution in [1.29, 1.82) is 0 Å². The van der Waals surface area contributed by atoms with E-state index in [0.29, 0.717) is 0 Å². The maximum absolute atomic E-state index is 4.05. The predicted octanol–water partition coefficient (Wildman–Crippen LogP) is 5.47. The van der Waals surface area contributed by atoms with Gasteiger partial charge >= 0.3 is 0 Å². The molecule has 0 aliphatic carbocycles. The first-order valence-electron chi connectivity index (χ1n) is 7.85. The zero-order chi connectivity index (χ0) is 15.9. The topological polar surface area (TPSA) is 0 Å². The van der Waals surface area contributed by atoms with E-state index < -0.39 is 0 Å². The van der Waals surface area contributed by atoms with Crippen molar-refractivity contribution >= 4 is 18.4 Å². The number of fused-ring (bicyclic) bond motifs is 1. The van der Waals surface area contributed by atoms with Gasteiger partial charge < -0.3 is 0 Å². The predicted molar refractivity (Wildman–Crippen MR) is 102 cm³/mol. The molecule has 0 radical (unpaired) electrons. The molecular weight excluding hydrogens is 263 g/mol. The van der Waals surface area contributed by atoms with Crippen LogP contribution in [0.25, 0.3) is 11.1 Å². The summed E-state index contributed by atoms with van der Waals surface area (Å²) in [7, 11) is 0.924. The van der Waals surface area contributed by atoms with Gasteiger partial charge in [-0.25, -0.2) is 0 Å². The maximum atomic E-state index is 4.05. The molecule has 0 nitrogen and oxygen atoms in total. The van der Waals surface area contributed by atoms with Crippen molar-refractivity contribution in [2.75, 3.05) is 0 Å². The van der Waals surface area contributed by atoms with Gasteiger partial charge in [-0.05, 0) is 35.6 Å². The molecule has 0 spiro atoms. The molecule has 1 aliphatic heterocycles. The summed E-state index contributed by atoms with van der Waals surface area (Å²) in [4.78, 5) is 0. The molecule has 0 saturated heterocycles. The minimum absolute atomic E-state index is 0.924. The average Bonchev–Trinajstić information content (AvgIpc) is 2.67. The van der Waals surface area contributed by atoms with Gasteiger partial charge in [-0.1, -0.05) is 91.7 Å². The normalized spacial score (nSPS) is 15.0. The van der Waals surface area contributed by atoms with E-state index >= 15 is 0 Å². The van der Waals surface area contributed by atoms with E-state index in [0.717, 1.165) is 13.7 Å². The van der Waals surface area contributed by atoms with Gasteiger partial charge in [-0.3, -0.25) is 0 Å². The Morgan fingerprint density at radius 3 is 2.36 bits per heavy atom. The van der Waals surface area contributed by atoms with Crippen molar-refractivity contribution in [2.45, 2.75) is 20.3 Å². The lowest BCUT2D eigenvalue weighted by Gasteiger charge is -2.12. The van der Waals surface area contributed by atoms with Gasteiger partial charge in [0.15, 0.2) is 7.28 Å². The van der Waals surface area contributed by atoms with Crippen LogP contribution in [0.5, 0.6) is 0 Å². The minimum Gasteiger partial charge on any atom is -0.0991 e. The highest BCUT2D eigenvalue weighted by atomic mass is 14.2. The first-order valence-corrected chi connectivity index (χ1v) is 7.85. The Hall–Kier alpha value is -2.28. The van der Waals surface area contributed by atoms with Gasteiger partial charge in [0.05, 0.1) is 0 Å². The van der Waals surface area contributed by atoms with Crippen molar-refractivity contribution in [3.63, 3.8) is 0 Å². The average molecular weight is 286 g/mol. The lowest BCUT2D eigenvalue weighted by molar-refractivity contribution is 1.23. The summed E-state index contributed by atoms with van der Waals surface area (Å²) in [5.41, 5.74) is 7.93. The summed E-state index contributed by atoms with van der Waals surface area (Å²) in [6, 6.07) is 8.64. The van der Waals surface area contributed by atoms with Crippen LogP contribution < -0.4 is 0 Å². The van der Waals surface area contributed by atoms with Gasteiger partial charge in [0, 0.05) is 0 Å². The number of hydrogen-bond donors (Lipinski definition) is 0. The molecule has 22 heavy (non-hydrogen) atoms. The van der Waals surface area contributed by atoms with E-state index in [1.165, 1.54) is 33.2 Å². The van der Waals surface area contributed by atoms with Crippen LogP contribution >= 0.6 is 0 Å². The van der Waals surface area contributed by atoms with E-state index in [4.69, 9.17) is 0 Å². The molecule has 0 fully saturated rings. The number of benzene rings is 1. The molecule has 0 aromatic heterocycles. The third-order valence-electron chi connectivity index (χ3n) is 4.02. The van der Waals surface area contributed by atoms with Crippen molar-refractivity contribution in [2.24, 2.45) is 0 Å². The molecular formula is C21H23B. The molecule has 0 unspecified atom stereocenters. The minimum atomic E-state index is 0.924. The summed E-state index contributed by atoms with van der Waals surface area (Å²) in [6.07, 6.45) is 13.4. The van der Waals surface area contributed by atoms with Crippen LogP contribution in [0.4, 0.5) is 0 Å². The number of hydrogen-bond acceptors (Lipinski definition) is 0. The zero-order valence-corrected chi connectivity index (χ0v) is 13.6. The zero-order valence-electron chi connectivity index (χ0n) is 13.6. The lowest BCUT2D eigenvalue weighted by atomic mass is 9.60. The third-order valence-corrected chi connectivity index (χ3v) is 4.02. The van der Waals surface area contributed by atoms with E-state index in [2.05, 4.69) is 69.5 Å². The molecule has 1 aromatic carbocycles. The summed E-state index contributed by atoms with van der Waals surface area (Å²) < 4.78 is 0. The second-order valence-corrected chi connectivity index (χ2v) is 5.32. The first-order chi connectivity index (χ1) is 10.8. The fourth-order valence-corrected chi connectivity index (χ4v) is 3.09. The summed E-state index contributed by atoms with van der Waals surface area (Å²) in [6.45, 7) is 12.1. The van der Waals surface area contributed by atoms with Crippen LogP contribution in [0.1, 0.15) is 31.4 Å². The highest BCUT2D eigenvalue weighted by Gasteiger charge is 2.19. The molecule has 0 atom stereocenters. The third kappa shape index (κ3) is 3.14. The van der Waals surface area contributed by atoms with Crippen LogP contribution in [0.3, 0.4) is 0 Å². The van der Waals surface area contributed by atoms with Gasteiger partial charge in [-0.2, -0.15) is 0 Å². The Morgan fingerprint density at radius 1 is 1.05 bits per heavy atom. The van der Waals surface area contributed by atoms with E-state index in [1.807, 2.05) is 18.2 Å². The molecule has 1 heteroatoms. The highest BCUT2D eigenvalue weighted by Crippen LogP contribution is 2.36. The smallest absolute Gasteiger partial charge is 0.0991 e. The first kappa shape index (κ1) is 16.1. The second-order valence-electron chi connectivity index (χ2n) is 5.32. The molecule has 1 heterocycles. The molecule has 0 N–H and O–H groups in total. The molecule has 2 rings (SSSR count). The lowest BCUT2D eigenvalue weighted by Crippen LogP contribution is -2.00. The summed E-state index contributed by atoms with van der Waals surface area (Å²) >= 11 is 0. The highest BCUT2D eigenvalue weighted by molar-refractivity contribution is 6.59. The Balaban J connectivity index is 2.79. The fourth-order valence-electron chi connectivity index (χ4n) is 3.09. The molecule has 1 aliphatic rings. The number of rotatable bonds is 5. The van der Waals surface area contributed by atoms with Crippen molar-refractivity contribution < 1.29 is 0 Å².